The van der Waals surface area contributed by atoms with E-state index in [9.17, 15) is 9.59 Å². The highest BCUT2D eigenvalue weighted by molar-refractivity contribution is 6.30. The van der Waals surface area contributed by atoms with Crippen LogP contribution in [0.15, 0.2) is 65.5 Å². The summed E-state index contributed by atoms with van der Waals surface area (Å²) in [4.78, 5) is 29.4. The number of aromatic nitrogens is 2. The number of nitrogens with zero attached hydrogens (tertiary/aromatic N) is 2. The van der Waals surface area contributed by atoms with Gasteiger partial charge in [0.15, 0.2) is 11.0 Å². The fourth-order valence-electron chi connectivity index (χ4n) is 3.07. The zero-order valence-corrected chi connectivity index (χ0v) is 17.7. The SMILES string of the molecule is Cc1c(Cl)nc(N[C@@H](C)Cc2ccccc2)c(=O)n1CC(=O)OCc1ccccc1. The van der Waals surface area contributed by atoms with Crippen LogP contribution in [0.1, 0.15) is 23.7 Å². The molecule has 0 radical (unpaired) electrons. The van der Waals surface area contributed by atoms with Crippen molar-refractivity contribution in [3.05, 3.63) is 93.0 Å². The Hall–Kier alpha value is -3.12. The summed E-state index contributed by atoms with van der Waals surface area (Å²) in [6.45, 7) is 3.52. The number of benzene rings is 2. The van der Waals surface area contributed by atoms with E-state index in [1.54, 1.807) is 6.92 Å². The molecule has 0 bridgehead atoms. The summed E-state index contributed by atoms with van der Waals surface area (Å²) in [6.07, 6.45) is 0.715. The first-order chi connectivity index (χ1) is 14.4. The molecule has 2 aromatic carbocycles. The van der Waals surface area contributed by atoms with Crippen LogP contribution in [-0.2, 0) is 29.1 Å². The molecular formula is C23H24ClN3O3. The van der Waals surface area contributed by atoms with Gasteiger partial charge in [-0.3, -0.25) is 14.2 Å². The van der Waals surface area contributed by atoms with E-state index in [-0.39, 0.29) is 30.2 Å². The van der Waals surface area contributed by atoms with E-state index in [1.807, 2.05) is 67.6 Å². The minimum Gasteiger partial charge on any atom is -0.459 e. The van der Waals surface area contributed by atoms with Crippen molar-refractivity contribution < 1.29 is 9.53 Å². The molecule has 0 aliphatic rings. The molecular weight excluding hydrogens is 402 g/mol. The lowest BCUT2D eigenvalue weighted by Gasteiger charge is -2.17. The summed E-state index contributed by atoms with van der Waals surface area (Å²) < 4.78 is 6.59. The van der Waals surface area contributed by atoms with Crippen molar-refractivity contribution >= 4 is 23.4 Å². The molecule has 1 aromatic heterocycles. The van der Waals surface area contributed by atoms with Gasteiger partial charge in [0, 0.05) is 6.04 Å². The number of carbonyl (C=O) groups is 1. The van der Waals surface area contributed by atoms with Crippen LogP contribution in [-0.4, -0.2) is 21.6 Å². The number of carbonyl (C=O) groups excluding carboxylic acids is 1. The standard InChI is InChI=1S/C23H24ClN3O3/c1-16(13-18-9-5-3-6-10-18)25-22-23(29)27(17(2)21(24)26-22)14-20(28)30-15-19-11-7-4-8-12-19/h3-12,16H,13-15H2,1-2H3,(H,25,26)/t16-/m0/s1. The van der Waals surface area contributed by atoms with Crippen LogP contribution in [0.4, 0.5) is 5.82 Å². The van der Waals surface area contributed by atoms with E-state index in [4.69, 9.17) is 16.3 Å². The highest BCUT2D eigenvalue weighted by atomic mass is 35.5. The number of esters is 1. The van der Waals surface area contributed by atoms with Gasteiger partial charge in [0.25, 0.3) is 5.56 Å². The number of hydrogen-bond acceptors (Lipinski definition) is 5. The largest absolute Gasteiger partial charge is 0.459 e. The van der Waals surface area contributed by atoms with Gasteiger partial charge in [-0.1, -0.05) is 72.3 Å². The van der Waals surface area contributed by atoms with Crippen molar-refractivity contribution in [1.82, 2.24) is 9.55 Å². The highest BCUT2D eigenvalue weighted by Crippen LogP contribution is 2.14. The first-order valence-corrected chi connectivity index (χ1v) is 10.1. The summed E-state index contributed by atoms with van der Waals surface area (Å²) in [5.74, 6) is -0.403. The minimum absolute atomic E-state index is 0.0511. The minimum atomic E-state index is -0.519. The van der Waals surface area contributed by atoms with Crippen molar-refractivity contribution in [1.29, 1.82) is 0 Å². The zero-order valence-electron chi connectivity index (χ0n) is 17.0. The Morgan fingerprint density at radius 3 is 2.33 bits per heavy atom. The molecule has 0 saturated heterocycles. The van der Waals surface area contributed by atoms with Crippen LogP contribution in [0.25, 0.3) is 0 Å². The van der Waals surface area contributed by atoms with Crippen LogP contribution in [0.5, 0.6) is 0 Å². The van der Waals surface area contributed by atoms with Crippen molar-refractivity contribution in [2.75, 3.05) is 5.32 Å². The van der Waals surface area contributed by atoms with E-state index in [0.717, 1.165) is 11.1 Å². The van der Waals surface area contributed by atoms with Gasteiger partial charge in [0.1, 0.15) is 13.2 Å². The molecule has 1 heterocycles. The molecule has 3 rings (SSSR count). The van der Waals surface area contributed by atoms with E-state index < -0.39 is 11.5 Å². The third kappa shape index (κ3) is 5.70. The lowest BCUT2D eigenvalue weighted by molar-refractivity contribution is -0.145. The second-order valence-corrected chi connectivity index (χ2v) is 7.47. The van der Waals surface area contributed by atoms with Gasteiger partial charge in [0.2, 0.25) is 0 Å². The highest BCUT2D eigenvalue weighted by Gasteiger charge is 2.17. The van der Waals surface area contributed by atoms with Crippen molar-refractivity contribution in [3.8, 4) is 0 Å². The zero-order chi connectivity index (χ0) is 21.5. The molecule has 1 N–H and O–H groups in total. The number of rotatable bonds is 8. The number of halogens is 1. The smallest absolute Gasteiger partial charge is 0.326 e. The van der Waals surface area contributed by atoms with Crippen LogP contribution in [0.2, 0.25) is 5.15 Å². The fourth-order valence-corrected chi connectivity index (χ4v) is 3.25. The summed E-state index contributed by atoms with van der Waals surface area (Å²) in [7, 11) is 0. The number of ether oxygens (including phenoxy) is 1. The maximum atomic E-state index is 12.9. The quantitative estimate of drug-likeness (QED) is 0.552. The third-order valence-electron chi connectivity index (χ3n) is 4.66. The Morgan fingerprint density at radius 1 is 1.10 bits per heavy atom. The lowest BCUT2D eigenvalue weighted by atomic mass is 10.1. The van der Waals surface area contributed by atoms with E-state index in [2.05, 4.69) is 10.3 Å². The molecule has 30 heavy (non-hydrogen) atoms. The molecule has 7 heteroatoms. The van der Waals surface area contributed by atoms with Gasteiger partial charge in [-0.25, -0.2) is 4.98 Å². The van der Waals surface area contributed by atoms with Crippen molar-refractivity contribution in [3.63, 3.8) is 0 Å². The van der Waals surface area contributed by atoms with E-state index in [1.165, 1.54) is 4.57 Å². The molecule has 0 amide bonds. The van der Waals surface area contributed by atoms with Crippen molar-refractivity contribution in [2.24, 2.45) is 0 Å². The predicted octanol–water partition coefficient (Wildman–Crippen LogP) is 3.99. The normalized spacial score (nSPS) is 11.7. The first-order valence-electron chi connectivity index (χ1n) is 9.71. The predicted molar refractivity (Wildman–Crippen MR) is 118 cm³/mol. The molecule has 3 aromatic rings. The number of hydrogen-bond donors (Lipinski definition) is 1. The van der Waals surface area contributed by atoms with Crippen molar-refractivity contribution in [2.45, 2.75) is 39.5 Å². The summed E-state index contributed by atoms with van der Waals surface area (Å²) >= 11 is 6.23. The lowest BCUT2D eigenvalue weighted by Crippen LogP contribution is -2.33. The van der Waals surface area contributed by atoms with Crippen LogP contribution in [0.3, 0.4) is 0 Å². The van der Waals surface area contributed by atoms with Gasteiger partial charge in [-0.2, -0.15) is 0 Å². The summed E-state index contributed by atoms with van der Waals surface area (Å²) in [6, 6.07) is 19.2. The maximum Gasteiger partial charge on any atom is 0.326 e. The molecule has 1 atom stereocenters. The van der Waals surface area contributed by atoms with E-state index >= 15 is 0 Å². The number of anilines is 1. The second kappa shape index (κ2) is 10.1. The molecule has 0 fully saturated rings. The molecule has 6 nitrogen and oxygen atoms in total. The molecule has 0 spiro atoms. The maximum absolute atomic E-state index is 12.9. The summed E-state index contributed by atoms with van der Waals surface area (Å²) in [5, 5.41) is 3.28. The third-order valence-corrected chi connectivity index (χ3v) is 5.02. The first kappa shape index (κ1) is 21.6. The average molecular weight is 426 g/mol. The van der Waals surface area contributed by atoms with Crippen LogP contribution < -0.4 is 10.9 Å². The Balaban J connectivity index is 1.71. The second-order valence-electron chi connectivity index (χ2n) is 7.11. The van der Waals surface area contributed by atoms with Gasteiger partial charge in [0.05, 0.1) is 5.69 Å². The Morgan fingerprint density at radius 2 is 1.70 bits per heavy atom. The number of nitrogens with one attached hydrogen (secondary N) is 1. The molecule has 0 aliphatic carbocycles. The molecule has 0 saturated carbocycles. The molecule has 156 valence electrons. The molecule has 0 aliphatic heterocycles. The molecule has 0 unspecified atom stereocenters. The monoisotopic (exact) mass is 425 g/mol. The van der Waals surface area contributed by atoms with Gasteiger partial charge < -0.3 is 10.1 Å². The Labute approximate surface area is 180 Å². The fraction of sp³-hybridized carbons (Fsp3) is 0.261. The van der Waals surface area contributed by atoms with Gasteiger partial charge in [-0.05, 0) is 31.4 Å². The average Bonchev–Trinajstić information content (AvgIpc) is 2.75. The topological polar surface area (TPSA) is 73.2 Å². The van der Waals surface area contributed by atoms with Crippen LogP contribution >= 0.6 is 11.6 Å². The van der Waals surface area contributed by atoms with Crippen LogP contribution in [0, 0.1) is 6.92 Å². The van der Waals surface area contributed by atoms with Gasteiger partial charge in [-0.15, -0.1) is 0 Å². The summed E-state index contributed by atoms with van der Waals surface area (Å²) in [5.41, 5.74) is 2.02. The Bertz CT molecular complexity index is 1050. The van der Waals surface area contributed by atoms with E-state index in [0.29, 0.717) is 12.1 Å². The van der Waals surface area contributed by atoms with Gasteiger partial charge >= 0.3 is 5.97 Å². The Kier molecular flexibility index (Phi) is 7.25.